The van der Waals surface area contributed by atoms with Crippen LogP contribution in [-0.2, 0) is 6.54 Å². The summed E-state index contributed by atoms with van der Waals surface area (Å²) in [5.41, 5.74) is 4.61. The fourth-order valence-electron chi connectivity index (χ4n) is 3.72. The molecule has 1 aromatic carbocycles. The van der Waals surface area contributed by atoms with Gasteiger partial charge in [0.2, 0.25) is 0 Å². The molecule has 2 aromatic rings. The second kappa shape index (κ2) is 6.79. The molecule has 132 valence electrons. The maximum atomic E-state index is 10.7. The molecule has 0 saturated carbocycles. The molecule has 0 radical (unpaired) electrons. The molecule has 4 nitrogen and oxygen atoms in total. The highest BCUT2D eigenvalue weighted by Crippen LogP contribution is 2.47. The standard InChI is InChI=1S/C21H26N2O2/c1-5-23-12-16(11-22-23)15-9-19(24)21(20(25)10-15)18-8-14(4)6-7-17(18)13(2)3/h8-12,17-18,24-25H,2,5-7H2,1,3-4H3/t17-,18+/m0/s1. The van der Waals surface area contributed by atoms with E-state index in [-0.39, 0.29) is 23.3 Å². The lowest BCUT2D eigenvalue weighted by Gasteiger charge is -2.31. The molecule has 0 amide bonds. The van der Waals surface area contributed by atoms with Gasteiger partial charge in [-0.1, -0.05) is 23.8 Å². The summed E-state index contributed by atoms with van der Waals surface area (Å²) in [4.78, 5) is 0. The van der Waals surface area contributed by atoms with E-state index < -0.39 is 0 Å². The van der Waals surface area contributed by atoms with E-state index in [0.29, 0.717) is 5.56 Å². The van der Waals surface area contributed by atoms with Gasteiger partial charge in [0.25, 0.3) is 0 Å². The van der Waals surface area contributed by atoms with Crippen LogP contribution in [-0.4, -0.2) is 20.0 Å². The van der Waals surface area contributed by atoms with Crippen molar-refractivity contribution >= 4 is 0 Å². The van der Waals surface area contributed by atoms with Gasteiger partial charge in [-0.3, -0.25) is 4.68 Å². The highest BCUT2D eigenvalue weighted by Gasteiger charge is 2.30. The number of benzene rings is 1. The summed E-state index contributed by atoms with van der Waals surface area (Å²) in [6, 6.07) is 3.44. The number of phenols is 2. The first-order chi connectivity index (χ1) is 11.9. The van der Waals surface area contributed by atoms with Gasteiger partial charge in [0.05, 0.1) is 6.20 Å². The molecule has 0 aliphatic heterocycles. The van der Waals surface area contributed by atoms with Gasteiger partial charge in [-0.05, 0) is 57.2 Å². The maximum absolute atomic E-state index is 10.7. The van der Waals surface area contributed by atoms with E-state index in [1.807, 2.05) is 24.7 Å². The summed E-state index contributed by atoms with van der Waals surface area (Å²) in [6.07, 6.45) is 7.84. The second-order valence-electron chi connectivity index (χ2n) is 7.04. The number of hydrogen-bond acceptors (Lipinski definition) is 3. The van der Waals surface area contributed by atoms with Crippen molar-refractivity contribution in [2.45, 2.75) is 46.1 Å². The Morgan fingerprint density at radius 2 is 1.96 bits per heavy atom. The van der Waals surface area contributed by atoms with Crippen molar-refractivity contribution in [1.82, 2.24) is 9.78 Å². The lowest BCUT2D eigenvalue weighted by molar-refractivity contribution is 0.407. The van der Waals surface area contributed by atoms with Crippen molar-refractivity contribution in [2.75, 3.05) is 0 Å². The number of aryl methyl sites for hydroxylation is 1. The average Bonchev–Trinajstić information content (AvgIpc) is 3.03. The number of rotatable bonds is 4. The second-order valence-corrected chi connectivity index (χ2v) is 7.04. The van der Waals surface area contributed by atoms with E-state index in [1.165, 1.54) is 5.57 Å². The first kappa shape index (κ1) is 17.3. The van der Waals surface area contributed by atoms with E-state index in [9.17, 15) is 10.2 Å². The van der Waals surface area contributed by atoms with Crippen LogP contribution in [0.1, 0.15) is 45.1 Å². The molecule has 1 heterocycles. The number of hydrogen-bond donors (Lipinski definition) is 2. The predicted octanol–water partition coefficient (Wildman–Crippen LogP) is 5.00. The zero-order valence-electron chi connectivity index (χ0n) is 15.2. The third-order valence-electron chi connectivity index (χ3n) is 5.14. The van der Waals surface area contributed by atoms with Crippen molar-refractivity contribution < 1.29 is 10.2 Å². The van der Waals surface area contributed by atoms with Crippen LogP contribution in [0.15, 0.2) is 48.3 Å². The fourth-order valence-corrected chi connectivity index (χ4v) is 3.72. The fraction of sp³-hybridized carbons (Fsp3) is 0.381. The number of aromatic hydroxyl groups is 2. The molecule has 25 heavy (non-hydrogen) atoms. The number of nitrogens with zero attached hydrogens (tertiary/aromatic N) is 2. The molecule has 1 aliphatic rings. The summed E-state index contributed by atoms with van der Waals surface area (Å²) in [6.45, 7) is 11.0. The highest BCUT2D eigenvalue weighted by atomic mass is 16.3. The third-order valence-corrected chi connectivity index (χ3v) is 5.14. The molecule has 0 unspecified atom stereocenters. The van der Waals surface area contributed by atoms with E-state index in [0.717, 1.165) is 36.1 Å². The van der Waals surface area contributed by atoms with Crippen LogP contribution in [0, 0.1) is 5.92 Å². The van der Waals surface area contributed by atoms with E-state index in [1.54, 1.807) is 18.3 Å². The zero-order valence-corrected chi connectivity index (χ0v) is 15.2. The molecule has 1 aromatic heterocycles. The SMILES string of the molecule is C=C(C)[C@@H]1CCC(C)=C[C@H]1c1c(O)cc(-c2cnn(CC)c2)cc1O. The van der Waals surface area contributed by atoms with Crippen LogP contribution >= 0.6 is 0 Å². The average molecular weight is 338 g/mol. The predicted molar refractivity (Wildman–Crippen MR) is 101 cm³/mol. The minimum absolute atomic E-state index is 0.0429. The minimum Gasteiger partial charge on any atom is -0.507 e. The van der Waals surface area contributed by atoms with E-state index in [2.05, 4.69) is 24.7 Å². The van der Waals surface area contributed by atoms with E-state index in [4.69, 9.17) is 0 Å². The van der Waals surface area contributed by atoms with Crippen LogP contribution in [0.5, 0.6) is 11.5 Å². The highest BCUT2D eigenvalue weighted by molar-refractivity contribution is 5.68. The summed E-state index contributed by atoms with van der Waals surface area (Å²) in [7, 11) is 0. The van der Waals surface area contributed by atoms with Gasteiger partial charge < -0.3 is 10.2 Å². The van der Waals surface area contributed by atoms with Crippen LogP contribution in [0.3, 0.4) is 0 Å². The van der Waals surface area contributed by atoms with Crippen LogP contribution in [0.2, 0.25) is 0 Å². The Kier molecular flexibility index (Phi) is 4.71. The van der Waals surface area contributed by atoms with Crippen LogP contribution < -0.4 is 0 Å². The van der Waals surface area contributed by atoms with Gasteiger partial charge in [-0.25, -0.2) is 0 Å². The van der Waals surface area contributed by atoms with Crippen molar-refractivity contribution in [3.8, 4) is 22.6 Å². The topological polar surface area (TPSA) is 58.3 Å². The van der Waals surface area contributed by atoms with E-state index >= 15 is 0 Å². The van der Waals surface area contributed by atoms with Gasteiger partial charge in [-0.15, -0.1) is 0 Å². The third kappa shape index (κ3) is 3.34. The molecule has 2 atom stereocenters. The Labute approximate surface area is 149 Å². The first-order valence-corrected chi connectivity index (χ1v) is 8.82. The van der Waals surface area contributed by atoms with Gasteiger partial charge >= 0.3 is 0 Å². The molecule has 0 fully saturated rings. The minimum atomic E-state index is -0.0429. The van der Waals surface area contributed by atoms with Crippen LogP contribution in [0.25, 0.3) is 11.1 Å². The summed E-state index contributed by atoms with van der Waals surface area (Å²) >= 11 is 0. The Bertz CT molecular complexity index is 809. The molecule has 2 N–H and O–H groups in total. The van der Waals surface area contributed by atoms with Crippen molar-refractivity contribution in [3.63, 3.8) is 0 Å². The maximum Gasteiger partial charge on any atom is 0.123 e. The monoisotopic (exact) mass is 338 g/mol. The number of aromatic nitrogens is 2. The largest absolute Gasteiger partial charge is 0.507 e. The summed E-state index contributed by atoms with van der Waals surface area (Å²) < 4.78 is 1.82. The lowest BCUT2D eigenvalue weighted by atomic mass is 9.73. The molecule has 0 bridgehead atoms. The molecule has 0 saturated heterocycles. The Balaban J connectivity index is 2.05. The van der Waals surface area contributed by atoms with Crippen molar-refractivity contribution in [3.05, 3.63) is 53.9 Å². The molecular formula is C21H26N2O2. The molecule has 4 heteroatoms. The smallest absolute Gasteiger partial charge is 0.123 e. The van der Waals surface area contributed by atoms with Crippen molar-refractivity contribution in [2.24, 2.45) is 5.92 Å². The van der Waals surface area contributed by atoms with Crippen LogP contribution in [0.4, 0.5) is 0 Å². The number of allylic oxidation sites excluding steroid dienone is 3. The van der Waals surface area contributed by atoms with Gasteiger partial charge in [-0.2, -0.15) is 5.10 Å². The zero-order chi connectivity index (χ0) is 18.1. The molecular weight excluding hydrogens is 312 g/mol. The molecule has 3 rings (SSSR count). The Morgan fingerprint density at radius 1 is 1.28 bits per heavy atom. The summed E-state index contributed by atoms with van der Waals surface area (Å²) in [5, 5.41) is 25.6. The van der Waals surface area contributed by atoms with Gasteiger partial charge in [0.15, 0.2) is 0 Å². The number of phenolic OH excluding ortho intramolecular Hbond substituents is 2. The summed E-state index contributed by atoms with van der Waals surface area (Å²) in [5.74, 6) is 0.441. The van der Waals surface area contributed by atoms with Crippen molar-refractivity contribution in [1.29, 1.82) is 0 Å². The molecule has 0 spiro atoms. The normalized spacial score (nSPS) is 20.4. The van der Waals surface area contributed by atoms with Gasteiger partial charge in [0, 0.05) is 29.8 Å². The first-order valence-electron chi connectivity index (χ1n) is 8.82. The quantitative estimate of drug-likeness (QED) is 0.772. The lowest BCUT2D eigenvalue weighted by Crippen LogP contribution is -2.17. The Morgan fingerprint density at radius 3 is 2.52 bits per heavy atom. The van der Waals surface area contributed by atoms with Gasteiger partial charge in [0.1, 0.15) is 11.5 Å². The molecule has 1 aliphatic carbocycles. The Hall–Kier alpha value is -2.49.